The molecule has 0 radical (unpaired) electrons. The maximum absolute atomic E-state index is 5.33. The molecule has 24 heavy (non-hydrogen) atoms. The Kier molecular flexibility index (Phi) is 4.77. The fourth-order valence-electron chi connectivity index (χ4n) is 2.27. The normalized spacial score (nSPS) is 10.9. The summed E-state index contributed by atoms with van der Waals surface area (Å²) in [6.07, 6.45) is 3.58. The minimum absolute atomic E-state index is 0.528. The molecule has 2 aromatic carbocycles. The SMILES string of the molecule is COc1cc(/C=N/n2cc(-c3ccccc3)[nH]c2=S)cc(OC)c1. The highest BCUT2D eigenvalue weighted by molar-refractivity contribution is 7.71. The minimum atomic E-state index is 0.528. The molecule has 0 unspecified atom stereocenters. The van der Waals surface area contributed by atoms with Crippen LogP contribution in [0.25, 0.3) is 11.3 Å². The van der Waals surface area contributed by atoms with Gasteiger partial charge in [0.25, 0.3) is 0 Å². The molecule has 0 aliphatic rings. The first-order valence-corrected chi connectivity index (χ1v) is 7.75. The van der Waals surface area contributed by atoms with Gasteiger partial charge in [0.05, 0.1) is 32.3 Å². The van der Waals surface area contributed by atoms with Crippen LogP contribution in [0.4, 0.5) is 0 Å². The summed E-state index contributed by atoms with van der Waals surface area (Å²) >= 11 is 5.33. The zero-order valence-corrected chi connectivity index (χ0v) is 14.2. The van der Waals surface area contributed by atoms with E-state index in [1.165, 1.54) is 0 Å². The van der Waals surface area contributed by atoms with E-state index >= 15 is 0 Å². The average molecular weight is 339 g/mol. The van der Waals surface area contributed by atoms with Gasteiger partial charge in [-0.25, -0.2) is 4.68 Å². The van der Waals surface area contributed by atoms with Crippen molar-refractivity contribution in [2.24, 2.45) is 5.10 Å². The maximum Gasteiger partial charge on any atom is 0.198 e. The first-order valence-electron chi connectivity index (χ1n) is 7.34. The highest BCUT2D eigenvalue weighted by Gasteiger charge is 2.03. The van der Waals surface area contributed by atoms with Crippen LogP contribution in [0.3, 0.4) is 0 Å². The fourth-order valence-corrected chi connectivity index (χ4v) is 2.48. The smallest absolute Gasteiger partial charge is 0.198 e. The number of methoxy groups -OCH3 is 2. The van der Waals surface area contributed by atoms with E-state index in [2.05, 4.69) is 10.1 Å². The number of hydrogen-bond acceptors (Lipinski definition) is 4. The lowest BCUT2D eigenvalue weighted by Gasteiger charge is -2.05. The monoisotopic (exact) mass is 339 g/mol. The molecular weight excluding hydrogens is 322 g/mol. The zero-order valence-electron chi connectivity index (χ0n) is 13.4. The molecule has 0 aliphatic carbocycles. The molecule has 0 aliphatic heterocycles. The molecule has 0 saturated carbocycles. The van der Waals surface area contributed by atoms with Crippen LogP contribution in [0.1, 0.15) is 5.56 Å². The Hall–Kier alpha value is -2.86. The van der Waals surface area contributed by atoms with E-state index in [4.69, 9.17) is 21.7 Å². The van der Waals surface area contributed by atoms with Gasteiger partial charge in [0.15, 0.2) is 4.77 Å². The summed E-state index contributed by atoms with van der Waals surface area (Å²) in [6.45, 7) is 0. The number of rotatable bonds is 5. The van der Waals surface area contributed by atoms with E-state index < -0.39 is 0 Å². The van der Waals surface area contributed by atoms with Crippen molar-refractivity contribution >= 4 is 18.4 Å². The summed E-state index contributed by atoms with van der Waals surface area (Å²) in [6, 6.07) is 15.5. The van der Waals surface area contributed by atoms with Gasteiger partial charge in [0, 0.05) is 11.6 Å². The number of benzene rings is 2. The molecule has 3 rings (SSSR count). The first kappa shape index (κ1) is 16.0. The summed E-state index contributed by atoms with van der Waals surface area (Å²) in [7, 11) is 3.23. The van der Waals surface area contributed by atoms with Crippen molar-refractivity contribution in [3.63, 3.8) is 0 Å². The van der Waals surface area contributed by atoms with Gasteiger partial charge in [-0.05, 0) is 29.9 Å². The molecule has 1 N–H and O–H groups in total. The third-order valence-corrected chi connectivity index (χ3v) is 3.78. The van der Waals surface area contributed by atoms with Crippen LogP contribution < -0.4 is 9.47 Å². The molecule has 0 bridgehead atoms. The molecule has 1 aromatic heterocycles. The number of nitrogens with one attached hydrogen (secondary N) is 1. The van der Waals surface area contributed by atoms with Crippen LogP contribution in [0, 0.1) is 4.77 Å². The maximum atomic E-state index is 5.33. The molecule has 0 amide bonds. The quantitative estimate of drug-likeness (QED) is 0.562. The molecule has 0 fully saturated rings. The van der Waals surface area contributed by atoms with Gasteiger partial charge in [-0.1, -0.05) is 30.3 Å². The van der Waals surface area contributed by atoms with Crippen molar-refractivity contribution < 1.29 is 9.47 Å². The molecule has 6 heteroatoms. The Bertz CT molecular complexity index is 891. The van der Waals surface area contributed by atoms with Crippen LogP contribution in [0.5, 0.6) is 11.5 Å². The lowest BCUT2D eigenvalue weighted by atomic mass is 10.2. The number of aromatic amines is 1. The number of nitrogens with zero attached hydrogens (tertiary/aromatic N) is 2. The Morgan fingerprint density at radius 2 is 1.71 bits per heavy atom. The molecule has 0 atom stereocenters. The topological polar surface area (TPSA) is 51.5 Å². The van der Waals surface area contributed by atoms with Gasteiger partial charge in [0.2, 0.25) is 0 Å². The lowest BCUT2D eigenvalue weighted by Crippen LogP contribution is -1.92. The second kappa shape index (κ2) is 7.14. The van der Waals surface area contributed by atoms with Crippen molar-refractivity contribution in [2.75, 3.05) is 14.2 Å². The zero-order chi connectivity index (χ0) is 16.9. The standard InChI is InChI=1S/C18H17N3O2S/c1-22-15-8-13(9-16(10-15)23-2)11-19-21-12-17(20-18(21)24)14-6-4-3-5-7-14/h3-12H,1-2H3,(H,20,24)/b19-11+. The van der Waals surface area contributed by atoms with Crippen molar-refractivity contribution in [2.45, 2.75) is 0 Å². The van der Waals surface area contributed by atoms with E-state index in [0.29, 0.717) is 16.3 Å². The Morgan fingerprint density at radius 1 is 1.04 bits per heavy atom. The summed E-state index contributed by atoms with van der Waals surface area (Å²) in [5, 5.41) is 4.42. The molecular formula is C18H17N3O2S. The van der Waals surface area contributed by atoms with Gasteiger partial charge >= 0.3 is 0 Å². The Labute approximate surface area is 145 Å². The number of ether oxygens (including phenoxy) is 2. The molecule has 1 heterocycles. The third-order valence-electron chi connectivity index (χ3n) is 3.49. The van der Waals surface area contributed by atoms with Crippen LogP contribution >= 0.6 is 12.2 Å². The number of aromatic nitrogens is 2. The van der Waals surface area contributed by atoms with Crippen LogP contribution in [0.2, 0.25) is 0 Å². The number of H-pyrrole nitrogens is 1. The van der Waals surface area contributed by atoms with Gasteiger partial charge < -0.3 is 14.5 Å². The van der Waals surface area contributed by atoms with Crippen molar-refractivity contribution in [3.05, 3.63) is 65.1 Å². The van der Waals surface area contributed by atoms with Gasteiger partial charge in [0.1, 0.15) is 11.5 Å². The summed E-state index contributed by atoms with van der Waals surface area (Å²) in [5.74, 6) is 1.41. The van der Waals surface area contributed by atoms with Crippen molar-refractivity contribution in [1.82, 2.24) is 9.66 Å². The van der Waals surface area contributed by atoms with Crippen LogP contribution in [-0.4, -0.2) is 30.1 Å². The van der Waals surface area contributed by atoms with E-state index in [1.807, 2.05) is 54.7 Å². The van der Waals surface area contributed by atoms with Crippen molar-refractivity contribution in [1.29, 1.82) is 0 Å². The van der Waals surface area contributed by atoms with E-state index in [9.17, 15) is 0 Å². The van der Waals surface area contributed by atoms with Crippen LogP contribution in [-0.2, 0) is 0 Å². The summed E-state index contributed by atoms with van der Waals surface area (Å²) in [5.41, 5.74) is 2.83. The predicted octanol–water partition coefficient (Wildman–Crippen LogP) is 4.11. The summed E-state index contributed by atoms with van der Waals surface area (Å²) < 4.78 is 12.7. The second-order valence-electron chi connectivity index (χ2n) is 5.07. The average Bonchev–Trinajstić information content (AvgIpc) is 3.01. The molecule has 122 valence electrons. The van der Waals surface area contributed by atoms with Crippen LogP contribution in [0.15, 0.2) is 59.8 Å². The highest BCUT2D eigenvalue weighted by Crippen LogP contribution is 2.21. The Morgan fingerprint density at radius 3 is 2.33 bits per heavy atom. The molecule has 0 saturated heterocycles. The van der Waals surface area contributed by atoms with Crippen molar-refractivity contribution in [3.8, 4) is 22.8 Å². The minimum Gasteiger partial charge on any atom is -0.497 e. The second-order valence-corrected chi connectivity index (χ2v) is 5.46. The van der Waals surface area contributed by atoms with E-state index in [-0.39, 0.29) is 0 Å². The third kappa shape index (κ3) is 3.55. The predicted molar refractivity (Wildman–Crippen MR) is 97.6 cm³/mol. The van der Waals surface area contributed by atoms with E-state index in [0.717, 1.165) is 16.8 Å². The lowest BCUT2D eigenvalue weighted by molar-refractivity contribution is 0.394. The first-order chi connectivity index (χ1) is 11.7. The van der Waals surface area contributed by atoms with Gasteiger partial charge in [-0.3, -0.25) is 0 Å². The number of hydrogen-bond donors (Lipinski definition) is 1. The Balaban J connectivity index is 1.90. The molecule has 0 spiro atoms. The highest BCUT2D eigenvalue weighted by atomic mass is 32.1. The van der Waals surface area contributed by atoms with E-state index in [1.54, 1.807) is 25.1 Å². The number of imidazole rings is 1. The largest absolute Gasteiger partial charge is 0.497 e. The molecule has 5 nitrogen and oxygen atoms in total. The van der Waals surface area contributed by atoms with Gasteiger partial charge in [-0.15, -0.1) is 0 Å². The summed E-state index contributed by atoms with van der Waals surface area (Å²) in [4.78, 5) is 3.16. The fraction of sp³-hybridized carbons (Fsp3) is 0.111. The van der Waals surface area contributed by atoms with Gasteiger partial charge in [-0.2, -0.15) is 5.10 Å². The molecule has 3 aromatic rings.